The molecule has 2 heterocycles. The van der Waals surface area contributed by atoms with Crippen molar-refractivity contribution in [2.75, 3.05) is 37.8 Å². The Morgan fingerprint density at radius 2 is 1.87 bits per heavy atom. The van der Waals surface area contributed by atoms with Crippen molar-refractivity contribution in [1.29, 1.82) is 0 Å². The van der Waals surface area contributed by atoms with Gasteiger partial charge in [-0.2, -0.15) is 4.98 Å². The van der Waals surface area contributed by atoms with Gasteiger partial charge in [0, 0.05) is 30.1 Å². The van der Waals surface area contributed by atoms with E-state index in [1.54, 1.807) is 12.1 Å². The zero-order chi connectivity index (χ0) is 21.9. The molecule has 31 heavy (non-hydrogen) atoms. The fourth-order valence-electron chi connectivity index (χ4n) is 4.04. The lowest BCUT2D eigenvalue weighted by atomic mass is 9.96. The molecule has 1 saturated heterocycles. The minimum Gasteiger partial charge on any atom is -0.508 e. The molecule has 0 unspecified atom stereocenters. The first kappa shape index (κ1) is 19.8. The molecular weight excluding hydrogens is 417 g/mol. The van der Waals surface area contributed by atoms with Gasteiger partial charge in [0.15, 0.2) is 5.82 Å². The van der Waals surface area contributed by atoms with Crippen molar-refractivity contribution in [1.82, 2.24) is 14.9 Å². The van der Waals surface area contributed by atoms with E-state index in [9.17, 15) is 5.11 Å². The number of nitrogens with two attached hydrogens (primary N) is 1. The van der Waals surface area contributed by atoms with Gasteiger partial charge >= 0.3 is 0 Å². The van der Waals surface area contributed by atoms with E-state index in [1.807, 2.05) is 43.3 Å². The van der Waals surface area contributed by atoms with Gasteiger partial charge in [-0.25, -0.2) is 9.37 Å². The molecule has 0 radical (unpaired) electrons. The Morgan fingerprint density at radius 3 is 2.61 bits per heavy atom. The second-order valence-electron chi connectivity index (χ2n) is 8.09. The minimum atomic E-state index is -0.585. The number of hydrogen-bond donors (Lipinski definition) is 2. The third kappa shape index (κ3) is 3.21. The van der Waals surface area contributed by atoms with Crippen molar-refractivity contribution in [3.63, 3.8) is 0 Å². The number of anilines is 2. The number of hydrogen-bond acceptors (Lipinski definition) is 6. The monoisotopic (exact) mass is 437 g/mol. The number of halogens is 2. The lowest BCUT2D eigenvalue weighted by molar-refractivity contribution is 0.245. The van der Waals surface area contributed by atoms with E-state index < -0.39 is 5.82 Å². The Morgan fingerprint density at radius 1 is 1.13 bits per heavy atom. The fourth-order valence-corrected chi connectivity index (χ4v) is 4.34. The van der Waals surface area contributed by atoms with Gasteiger partial charge in [-0.15, -0.1) is 0 Å². The Hall–Kier alpha value is -3.16. The van der Waals surface area contributed by atoms with Crippen LogP contribution in [0.25, 0.3) is 32.8 Å². The molecule has 3 aromatic carbocycles. The lowest BCUT2D eigenvalue weighted by Gasteiger charge is -2.42. The van der Waals surface area contributed by atoms with Crippen LogP contribution >= 0.6 is 11.6 Å². The van der Waals surface area contributed by atoms with Crippen molar-refractivity contribution >= 4 is 45.0 Å². The zero-order valence-electron chi connectivity index (χ0n) is 17.1. The second kappa shape index (κ2) is 7.21. The van der Waals surface area contributed by atoms with E-state index in [1.165, 1.54) is 6.07 Å². The Balaban J connectivity index is 1.71. The van der Waals surface area contributed by atoms with E-state index in [0.717, 1.165) is 23.9 Å². The SMILES string of the molecule is CN(C)C1CN(c2nc(N)c3cc(Cl)c(-c4cc(O)cc5ccccc45)c(F)c3n2)C1. The number of rotatable bonds is 3. The van der Waals surface area contributed by atoms with E-state index in [4.69, 9.17) is 17.3 Å². The van der Waals surface area contributed by atoms with E-state index in [2.05, 4.69) is 14.9 Å². The van der Waals surface area contributed by atoms with Crippen LogP contribution < -0.4 is 10.6 Å². The first-order valence-electron chi connectivity index (χ1n) is 9.92. The quantitative estimate of drug-likeness (QED) is 0.498. The van der Waals surface area contributed by atoms with Crippen LogP contribution in [-0.4, -0.2) is 53.2 Å². The molecule has 1 fully saturated rings. The summed E-state index contributed by atoms with van der Waals surface area (Å²) in [6.07, 6.45) is 0. The molecule has 0 atom stereocenters. The summed E-state index contributed by atoms with van der Waals surface area (Å²) in [5.74, 6) is 0.0261. The highest BCUT2D eigenvalue weighted by Crippen LogP contribution is 2.41. The van der Waals surface area contributed by atoms with Gasteiger partial charge in [0.2, 0.25) is 5.95 Å². The molecule has 158 valence electrons. The third-order valence-electron chi connectivity index (χ3n) is 5.89. The van der Waals surface area contributed by atoms with Gasteiger partial charge in [-0.1, -0.05) is 35.9 Å². The number of aromatic nitrogens is 2. The first-order valence-corrected chi connectivity index (χ1v) is 10.3. The highest BCUT2D eigenvalue weighted by Gasteiger charge is 2.31. The molecule has 5 rings (SSSR count). The molecule has 1 aromatic heterocycles. The molecule has 8 heteroatoms. The van der Waals surface area contributed by atoms with Crippen molar-refractivity contribution in [2.24, 2.45) is 0 Å². The van der Waals surface area contributed by atoms with Crippen molar-refractivity contribution in [2.45, 2.75) is 6.04 Å². The van der Waals surface area contributed by atoms with Gasteiger partial charge in [0.1, 0.15) is 17.1 Å². The first-order chi connectivity index (χ1) is 14.8. The van der Waals surface area contributed by atoms with Gasteiger partial charge < -0.3 is 20.6 Å². The fraction of sp³-hybridized carbons (Fsp3) is 0.217. The third-order valence-corrected chi connectivity index (χ3v) is 6.19. The molecule has 0 amide bonds. The topological polar surface area (TPSA) is 78.5 Å². The number of likely N-dealkylation sites (N-methyl/N-ethyl adjacent to an activating group) is 1. The number of benzene rings is 3. The second-order valence-corrected chi connectivity index (χ2v) is 8.50. The van der Waals surface area contributed by atoms with Crippen LogP contribution in [0.3, 0.4) is 0 Å². The Bertz CT molecular complexity index is 1340. The molecule has 1 aliphatic heterocycles. The summed E-state index contributed by atoms with van der Waals surface area (Å²) < 4.78 is 15.9. The van der Waals surface area contributed by atoms with Crippen LogP contribution in [0.15, 0.2) is 42.5 Å². The molecule has 1 aliphatic rings. The number of phenolic OH excluding ortho intramolecular Hbond substituents is 1. The molecule has 4 aromatic rings. The van der Waals surface area contributed by atoms with Gasteiger partial charge in [0.25, 0.3) is 0 Å². The van der Waals surface area contributed by atoms with Gasteiger partial charge in [0.05, 0.1) is 5.02 Å². The summed E-state index contributed by atoms with van der Waals surface area (Å²) in [7, 11) is 4.04. The van der Waals surface area contributed by atoms with Crippen molar-refractivity contribution in [3.05, 3.63) is 53.3 Å². The van der Waals surface area contributed by atoms with Crippen LogP contribution in [-0.2, 0) is 0 Å². The Kier molecular flexibility index (Phi) is 4.60. The maximum absolute atomic E-state index is 15.9. The van der Waals surface area contributed by atoms with Gasteiger partial charge in [-0.05, 0) is 48.6 Å². The normalized spacial score (nSPS) is 14.5. The summed E-state index contributed by atoms with van der Waals surface area (Å²) in [6, 6.07) is 12.6. The summed E-state index contributed by atoms with van der Waals surface area (Å²) >= 11 is 6.51. The highest BCUT2D eigenvalue weighted by atomic mass is 35.5. The maximum Gasteiger partial charge on any atom is 0.228 e. The number of fused-ring (bicyclic) bond motifs is 2. The van der Waals surface area contributed by atoms with Crippen LogP contribution in [0, 0.1) is 5.82 Å². The summed E-state index contributed by atoms with van der Waals surface area (Å²) in [6.45, 7) is 1.49. The number of phenols is 1. The predicted octanol–water partition coefficient (Wildman–Crippen LogP) is 4.28. The predicted molar refractivity (Wildman–Crippen MR) is 123 cm³/mol. The van der Waals surface area contributed by atoms with Crippen LogP contribution in [0.5, 0.6) is 5.75 Å². The molecule has 3 N–H and O–H groups in total. The average Bonchev–Trinajstić information content (AvgIpc) is 2.67. The molecular formula is C23H21ClFN5O. The Labute approximate surface area is 183 Å². The number of aromatic hydroxyl groups is 1. The largest absolute Gasteiger partial charge is 0.508 e. The van der Waals surface area contributed by atoms with E-state index >= 15 is 4.39 Å². The minimum absolute atomic E-state index is 0.0301. The summed E-state index contributed by atoms with van der Waals surface area (Å²) in [4.78, 5) is 13.0. The molecule has 0 aliphatic carbocycles. The number of nitrogen functional groups attached to an aromatic ring is 1. The van der Waals surface area contributed by atoms with Crippen molar-refractivity contribution in [3.8, 4) is 16.9 Å². The average molecular weight is 438 g/mol. The van der Waals surface area contributed by atoms with Crippen LogP contribution in [0.4, 0.5) is 16.2 Å². The zero-order valence-corrected chi connectivity index (χ0v) is 17.9. The standard InChI is InChI=1S/C23H21ClFN5O/c1-29(2)13-10-30(11-13)23-27-21-17(22(26)28-23)9-18(24)19(20(21)25)16-8-14(31)7-12-5-3-4-6-15(12)16/h3-9,13,31H,10-11H2,1-2H3,(H2,26,27,28). The van der Waals surface area contributed by atoms with E-state index in [-0.39, 0.29) is 27.7 Å². The lowest BCUT2D eigenvalue weighted by Crippen LogP contribution is -2.58. The molecule has 0 spiro atoms. The maximum atomic E-state index is 15.9. The smallest absolute Gasteiger partial charge is 0.228 e. The van der Waals surface area contributed by atoms with Crippen LogP contribution in [0.1, 0.15) is 0 Å². The summed E-state index contributed by atoms with van der Waals surface area (Å²) in [5, 5.41) is 12.3. The van der Waals surface area contributed by atoms with Crippen LogP contribution in [0.2, 0.25) is 5.02 Å². The number of nitrogens with zero attached hydrogens (tertiary/aromatic N) is 4. The van der Waals surface area contributed by atoms with Crippen molar-refractivity contribution < 1.29 is 9.50 Å². The molecule has 0 saturated carbocycles. The molecule has 0 bridgehead atoms. The summed E-state index contributed by atoms with van der Waals surface area (Å²) in [5.41, 5.74) is 6.95. The highest BCUT2D eigenvalue weighted by molar-refractivity contribution is 6.35. The molecule has 6 nitrogen and oxygen atoms in total. The van der Waals surface area contributed by atoms with E-state index in [0.29, 0.717) is 22.9 Å². The van der Waals surface area contributed by atoms with Gasteiger partial charge in [-0.3, -0.25) is 0 Å².